The smallest absolute Gasteiger partial charge is 0.416 e. The third-order valence-corrected chi connectivity index (χ3v) is 10.6. The Hall–Kier alpha value is -4.41. The highest BCUT2D eigenvalue weighted by molar-refractivity contribution is 6.32. The Morgan fingerprint density at radius 1 is 0.981 bits per heavy atom. The highest BCUT2D eigenvalue weighted by Crippen LogP contribution is 2.39. The summed E-state index contributed by atoms with van der Waals surface area (Å²) in [5.41, 5.74) is -2.33. The van der Waals surface area contributed by atoms with Gasteiger partial charge in [-0.05, 0) is 74.3 Å². The molecule has 292 valence electrons. The Balaban J connectivity index is 1.31. The second-order valence-electron chi connectivity index (χ2n) is 13.9. The molecule has 0 spiro atoms. The van der Waals surface area contributed by atoms with Gasteiger partial charge in [0.15, 0.2) is 5.82 Å². The van der Waals surface area contributed by atoms with Gasteiger partial charge in [0.25, 0.3) is 0 Å². The molecule has 1 N–H and O–H groups in total. The van der Waals surface area contributed by atoms with Crippen LogP contribution < -0.4 is 20.0 Å². The van der Waals surface area contributed by atoms with Crippen molar-refractivity contribution in [3.63, 3.8) is 0 Å². The molecule has 0 radical (unpaired) electrons. The number of halogens is 7. The van der Waals surface area contributed by atoms with Gasteiger partial charge in [-0.15, -0.1) is 0 Å². The number of ether oxygens (including phenoxy) is 1. The number of amides is 1. The van der Waals surface area contributed by atoms with Crippen LogP contribution in [-0.2, 0) is 33.2 Å². The molecular weight excluding hydrogens is 742 g/mol. The number of esters is 1. The van der Waals surface area contributed by atoms with Gasteiger partial charge in [-0.1, -0.05) is 18.5 Å². The molecule has 54 heavy (non-hydrogen) atoms. The van der Waals surface area contributed by atoms with Crippen LogP contribution in [0.3, 0.4) is 0 Å². The average molecular weight is 783 g/mol. The number of piperidine rings is 2. The van der Waals surface area contributed by atoms with Crippen molar-refractivity contribution in [2.75, 3.05) is 47.5 Å². The van der Waals surface area contributed by atoms with Crippen molar-refractivity contribution in [2.45, 2.75) is 89.3 Å². The predicted octanol–water partition coefficient (Wildman–Crippen LogP) is 6.79. The van der Waals surface area contributed by atoms with E-state index in [1.165, 1.54) is 6.20 Å². The highest BCUT2D eigenvalue weighted by Gasteiger charge is 2.40. The molecule has 0 saturated carbocycles. The zero-order valence-electron chi connectivity index (χ0n) is 29.8. The first kappa shape index (κ1) is 39.3. The third kappa shape index (κ3) is 8.92. The van der Waals surface area contributed by atoms with Crippen LogP contribution in [0.4, 0.5) is 44.1 Å². The van der Waals surface area contributed by atoms with Crippen LogP contribution >= 0.6 is 11.6 Å². The summed E-state index contributed by atoms with van der Waals surface area (Å²) in [6, 6.07) is 0.900. The van der Waals surface area contributed by atoms with E-state index < -0.39 is 29.5 Å². The molecule has 0 aliphatic carbocycles. The number of rotatable bonds is 10. The fraction of sp³-hybridized carbons (Fsp3) is 0.556. The second kappa shape index (κ2) is 16.1. The van der Waals surface area contributed by atoms with E-state index in [-0.39, 0.29) is 71.9 Å². The zero-order valence-corrected chi connectivity index (χ0v) is 30.5. The summed E-state index contributed by atoms with van der Waals surface area (Å²) in [7, 11) is 0. The van der Waals surface area contributed by atoms with Crippen molar-refractivity contribution in [3.8, 4) is 0 Å². The number of anilines is 3. The number of alkyl halides is 6. The molecule has 3 aliphatic rings. The number of carbonyl (C=O) groups excluding carboxylic acids is 2. The standard InChI is InChI=1S/C36H41ClF6N8O3/c1-3-27-15-28(20-50(27)31-29(37)18-47-34(48-31)49-9-6-22(7-10-49)32(53)54-4-2)51(33-45-16-24(17-46-33)23-5-8-44-30(52)13-23)19-21-11-25(35(38,39)40)14-26(12-21)36(41,42)43/h11-12,14,16-18,22-23,27-28H,3-10,13,15,19-20H2,1-2H3,(H,44,52). The molecule has 3 atom stereocenters. The molecule has 3 aromatic rings. The molecule has 5 heterocycles. The summed E-state index contributed by atoms with van der Waals surface area (Å²) in [5, 5.41) is 3.05. The van der Waals surface area contributed by atoms with Gasteiger partial charge >= 0.3 is 18.3 Å². The number of benzene rings is 1. The normalized spacial score (nSPS) is 21.3. The molecular formula is C36H41ClF6N8O3. The Labute approximate surface area is 313 Å². The van der Waals surface area contributed by atoms with E-state index in [2.05, 4.69) is 20.3 Å². The van der Waals surface area contributed by atoms with Crippen molar-refractivity contribution < 1.29 is 40.7 Å². The summed E-state index contributed by atoms with van der Waals surface area (Å²) in [4.78, 5) is 48.3. The van der Waals surface area contributed by atoms with Crippen molar-refractivity contribution in [1.82, 2.24) is 25.3 Å². The number of hydrogen-bond acceptors (Lipinski definition) is 10. The quantitative estimate of drug-likeness (QED) is 0.174. The van der Waals surface area contributed by atoms with E-state index in [9.17, 15) is 35.9 Å². The minimum absolute atomic E-state index is 0.105. The van der Waals surface area contributed by atoms with Crippen LogP contribution in [0.2, 0.25) is 5.02 Å². The summed E-state index contributed by atoms with van der Waals surface area (Å²) in [6.07, 6.45) is -2.29. The molecule has 3 fully saturated rings. The summed E-state index contributed by atoms with van der Waals surface area (Å²) < 4.78 is 88.5. The highest BCUT2D eigenvalue weighted by atomic mass is 35.5. The van der Waals surface area contributed by atoms with Crippen LogP contribution in [0.5, 0.6) is 0 Å². The lowest BCUT2D eigenvalue weighted by Crippen LogP contribution is -2.39. The molecule has 0 bridgehead atoms. The molecule has 6 rings (SSSR count). The SMILES string of the molecule is CCOC(=O)C1CCN(c2ncc(Cl)c(N3CC(N(Cc4cc(C(F)(F)F)cc(C(F)(F)F)c4)c4ncc(C5CCNC(=O)C5)cn4)CC3CC)n2)CC1. The van der Waals surface area contributed by atoms with Gasteiger partial charge in [0.05, 0.1) is 35.9 Å². The Bertz CT molecular complexity index is 1770. The zero-order chi connectivity index (χ0) is 38.8. The maximum Gasteiger partial charge on any atom is 0.416 e. The van der Waals surface area contributed by atoms with Crippen LogP contribution in [0, 0.1) is 5.92 Å². The predicted molar refractivity (Wildman–Crippen MR) is 188 cm³/mol. The van der Waals surface area contributed by atoms with Gasteiger partial charge in [-0.25, -0.2) is 15.0 Å². The molecule has 3 saturated heterocycles. The number of hydrogen-bond donors (Lipinski definition) is 1. The molecule has 2 aromatic heterocycles. The minimum Gasteiger partial charge on any atom is -0.466 e. The van der Waals surface area contributed by atoms with Gasteiger partial charge in [0.1, 0.15) is 5.02 Å². The van der Waals surface area contributed by atoms with E-state index >= 15 is 0 Å². The molecule has 1 amide bonds. The summed E-state index contributed by atoms with van der Waals surface area (Å²) >= 11 is 6.71. The first-order valence-corrected chi connectivity index (χ1v) is 18.4. The fourth-order valence-corrected chi connectivity index (χ4v) is 7.67. The molecule has 3 aliphatic heterocycles. The fourth-order valence-electron chi connectivity index (χ4n) is 7.47. The van der Waals surface area contributed by atoms with Gasteiger partial charge in [0, 0.05) is 57.6 Å². The Morgan fingerprint density at radius 3 is 2.24 bits per heavy atom. The lowest BCUT2D eigenvalue weighted by atomic mass is 9.92. The Morgan fingerprint density at radius 2 is 1.65 bits per heavy atom. The average Bonchev–Trinajstić information content (AvgIpc) is 3.57. The maximum absolute atomic E-state index is 13.9. The maximum atomic E-state index is 13.9. The monoisotopic (exact) mass is 782 g/mol. The van der Waals surface area contributed by atoms with E-state index in [0.29, 0.717) is 75.7 Å². The van der Waals surface area contributed by atoms with E-state index in [1.54, 1.807) is 24.2 Å². The van der Waals surface area contributed by atoms with Crippen molar-refractivity contribution in [3.05, 3.63) is 64.1 Å². The summed E-state index contributed by atoms with van der Waals surface area (Å²) in [6.45, 7) is 5.46. The number of nitrogens with zero attached hydrogens (tertiary/aromatic N) is 7. The van der Waals surface area contributed by atoms with Gasteiger partial charge in [-0.3, -0.25) is 9.59 Å². The van der Waals surface area contributed by atoms with Gasteiger partial charge < -0.3 is 24.8 Å². The first-order chi connectivity index (χ1) is 25.6. The Kier molecular flexibility index (Phi) is 11.7. The molecule has 3 unspecified atom stereocenters. The minimum atomic E-state index is -5.02. The van der Waals surface area contributed by atoms with Gasteiger partial charge in [0.2, 0.25) is 17.8 Å². The van der Waals surface area contributed by atoms with Crippen LogP contribution in [0.15, 0.2) is 36.8 Å². The van der Waals surface area contributed by atoms with Crippen LogP contribution in [0.25, 0.3) is 0 Å². The summed E-state index contributed by atoms with van der Waals surface area (Å²) in [5.74, 6) is 0.297. The number of nitrogens with one attached hydrogen (secondary N) is 1. The molecule has 11 nitrogen and oxygen atoms in total. The lowest BCUT2D eigenvalue weighted by molar-refractivity contribution is -0.148. The van der Waals surface area contributed by atoms with Crippen LogP contribution in [0.1, 0.15) is 80.5 Å². The number of aromatic nitrogens is 4. The van der Waals surface area contributed by atoms with E-state index in [0.717, 1.165) is 12.1 Å². The molecule has 18 heteroatoms. The number of carbonyl (C=O) groups is 2. The second-order valence-corrected chi connectivity index (χ2v) is 14.3. The van der Waals surface area contributed by atoms with Crippen molar-refractivity contribution in [1.29, 1.82) is 0 Å². The lowest BCUT2D eigenvalue weighted by Gasteiger charge is -2.32. The molecule has 1 aromatic carbocycles. The van der Waals surface area contributed by atoms with Crippen molar-refractivity contribution >= 4 is 41.2 Å². The third-order valence-electron chi connectivity index (χ3n) is 10.3. The van der Waals surface area contributed by atoms with Crippen LogP contribution in [-0.4, -0.2) is 76.7 Å². The topological polar surface area (TPSA) is 117 Å². The van der Waals surface area contributed by atoms with E-state index in [4.69, 9.17) is 21.3 Å². The largest absolute Gasteiger partial charge is 0.466 e. The first-order valence-electron chi connectivity index (χ1n) is 18.0. The van der Waals surface area contributed by atoms with Gasteiger partial charge in [-0.2, -0.15) is 31.3 Å². The van der Waals surface area contributed by atoms with E-state index in [1.807, 2.05) is 16.7 Å². The van der Waals surface area contributed by atoms with Crippen molar-refractivity contribution in [2.24, 2.45) is 5.92 Å².